The molecule has 1 aliphatic rings. The highest BCUT2D eigenvalue weighted by Gasteiger charge is 2.29. The summed E-state index contributed by atoms with van der Waals surface area (Å²) in [6, 6.07) is -0.0594. The largest absolute Gasteiger partial charge is 0.476 e. The quantitative estimate of drug-likeness (QED) is 0.700. The zero-order valence-corrected chi connectivity index (χ0v) is 10.6. The molecular formula is C11H15N3O3S. The summed E-state index contributed by atoms with van der Waals surface area (Å²) < 4.78 is 0. The number of carboxylic acids is 1. The van der Waals surface area contributed by atoms with Crippen molar-refractivity contribution in [3.05, 3.63) is 16.1 Å². The van der Waals surface area contributed by atoms with Gasteiger partial charge >= 0.3 is 5.97 Å². The molecule has 0 saturated heterocycles. The Morgan fingerprint density at radius 1 is 1.61 bits per heavy atom. The summed E-state index contributed by atoms with van der Waals surface area (Å²) >= 11 is 1.22. The highest BCUT2D eigenvalue weighted by molar-refractivity contribution is 7.09. The summed E-state index contributed by atoms with van der Waals surface area (Å²) in [5.41, 5.74) is 5.85. The van der Waals surface area contributed by atoms with E-state index < -0.39 is 5.97 Å². The maximum absolute atomic E-state index is 11.6. The number of carbonyl (C=O) groups excluding carboxylic acids is 1. The lowest BCUT2D eigenvalue weighted by atomic mass is 10.1. The Morgan fingerprint density at radius 2 is 2.33 bits per heavy atom. The second-order valence-corrected chi connectivity index (χ2v) is 5.36. The second kappa shape index (κ2) is 5.45. The molecule has 1 heterocycles. The van der Waals surface area contributed by atoms with Crippen molar-refractivity contribution in [1.82, 2.24) is 10.3 Å². The molecule has 1 aromatic heterocycles. The van der Waals surface area contributed by atoms with Gasteiger partial charge in [0.25, 0.3) is 0 Å². The molecule has 98 valence electrons. The van der Waals surface area contributed by atoms with Crippen LogP contribution < -0.4 is 11.1 Å². The lowest BCUT2D eigenvalue weighted by molar-refractivity contribution is -0.121. The maximum atomic E-state index is 11.6. The number of rotatable bonds is 6. The van der Waals surface area contributed by atoms with E-state index >= 15 is 0 Å². The van der Waals surface area contributed by atoms with Gasteiger partial charge in [-0.15, -0.1) is 11.3 Å². The van der Waals surface area contributed by atoms with Gasteiger partial charge in [0.2, 0.25) is 5.91 Å². The third-order valence-corrected chi connectivity index (χ3v) is 3.71. The van der Waals surface area contributed by atoms with Crippen LogP contribution in [0.1, 0.15) is 34.8 Å². The van der Waals surface area contributed by atoms with E-state index in [1.54, 1.807) is 0 Å². The number of thiazole rings is 1. The van der Waals surface area contributed by atoms with E-state index in [1.165, 1.54) is 16.7 Å². The van der Waals surface area contributed by atoms with E-state index in [2.05, 4.69) is 10.3 Å². The summed E-state index contributed by atoms with van der Waals surface area (Å²) in [6.07, 6.45) is 2.55. The number of hydrogen-bond acceptors (Lipinski definition) is 5. The van der Waals surface area contributed by atoms with Crippen LogP contribution in [-0.4, -0.2) is 28.0 Å². The van der Waals surface area contributed by atoms with Crippen molar-refractivity contribution in [3.63, 3.8) is 0 Å². The van der Waals surface area contributed by atoms with Crippen molar-refractivity contribution in [2.24, 2.45) is 11.7 Å². The molecule has 4 N–H and O–H groups in total. The van der Waals surface area contributed by atoms with Gasteiger partial charge in [0, 0.05) is 17.8 Å². The van der Waals surface area contributed by atoms with Crippen molar-refractivity contribution in [2.45, 2.75) is 31.8 Å². The molecule has 1 fully saturated rings. The molecule has 0 radical (unpaired) electrons. The molecule has 2 rings (SSSR count). The first-order valence-electron chi connectivity index (χ1n) is 5.76. The lowest BCUT2D eigenvalue weighted by Gasteiger charge is -2.09. The number of aromatic carboxylic acids is 1. The van der Waals surface area contributed by atoms with Crippen LogP contribution in [0.25, 0.3) is 0 Å². The van der Waals surface area contributed by atoms with Crippen LogP contribution in [0.5, 0.6) is 0 Å². The van der Waals surface area contributed by atoms with Crippen molar-refractivity contribution in [2.75, 3.05) is 0 Å². The number of nitrogens with zero attached hydrogens (tertiary/aromatic N) is 1. The number of nitrogens with one attached hydrogen (secondary N) is 1. The third-order valence-electron chi connectivity index (χ3n) is 2.86. The van der Waals surface area contributed by atoms with Crippen LogP contribution in [0.3, 0.4) is 0 Å². The summed E-state index contributed by atoms with van der Waals surface area (Å²) in [6.45, 7) is 0.258. The predicted molar refractivity (Wildman–Crippen MR) is 66.2 cm³/mol. The number of nitrogens with two attached hydrogens (primary N) is 1. The molecule has 6 nitrogen and oxygen atoms in total. The van der Waals surface area contributed by atoms with Crippen LogP contribution in [0.2, 0.25) is 0 Å². The fraction of sp³-hybridized carbons (Fsp3) is 0.545. The predicted octanol–water partition coefficient (Wildman–Crippen LogP) is 0.585. The zero-order chi connectivity index (χ0) is 13.1. The van der Waals surface area contributed by atoms with Crippen LogP contribution in [0, 0.1) is 5.92 Å². The fourth-order valence-electron chi connectivity index (χ4n) is 1.64. The van der Waals surface area contributed by atoms with E-state index in [0.29, 0.717) is 17.3 Å². The van der Waals surface area contributed by atoms with Gasteiger partial charge in [0.1, 0.15) is 5.01 Å². The number of carbonyl (C=O) groups is 2. The van der Waals surface area contributed by atoms with Gasteiger partial charge in [0.05, 0.1) is 6.54 Å². The number of amides is 1. The molecule has 1 amide bonds. The molecule has 0 spiro atoms. The first-order chi connectivity index (χ1) is 8.56. The molecule has 0 bridgehead atoms. The monoisotopic (exact) mass is 269 g/mol. The highest BCUT2D eigenvalue weighted by Crippen LogP contribution is 2.32. The number of aromatic nitrogens is 1. The molecule has 0 aromatic carbocycles. The van der Waals surface area contributed by atoms with E-state index in [4.69, 9.17) is 10.8 Å². The first kappa shape index (κ1) is 13.0. The van der Waals surface area contributed by atoms with Gasteiger partial charge in [-0.05, 0) is 18.8 Å². The Bertz CT molecular complexity index is 456. The summed E-state index contributed by atoms with van der Waals surface area (Å²) in [5.74, 6) is -0.671. The average Bonchev–Trinajstić information content (AvgIpc) is 3.05. The minimum absolute atomic E-state index is 0.0129. The highest BCUT2D eigenvalue weighted by atomic mass is 32.1. The van der Waals surface area contributed by atoms with Gasteiger partial charge in [0.15, 0.2) is 5.69 Å². The van der Waals surface area contributed by atoms with Crippen LogP contribution >= 0.6 is 11.3 Å². The summed E-state index contributed by atoms with van der Waals surface area (Å²) in [7, 11) is 0. The van der Waals surface area contributed by atoms with Crippen LogP contribution in [-0.2, 0) is 11.3 Å². The second-order valence-electron chi connectivity index (χ2n) is 4.41. The van der Waals surface area contributed by atoms with Crippen LogP contribution in [0.4, 0.5) is 0 Å². The molecule has 7 heteroatoms. The van der Waals surface area contributed by atoms with Crippen LogP contribution in [0.15, 0.2) is 5.38 Å². The molecule has 18 heavy (non-hydrogen) atoms. The lowest BCUT2D eigenvalue weighted by Crippen LogP contribution is -2.32. The average molecular weight is 269 g/mol. The summed E-state index contributed by atoms with van der Waals surface area (Å²) in [5, 5.41) is 13.4. The Hall–Kier alpha value is -1.47. The Balaban J connectivity index is 1.75. The Morgan fingerprint density at radius 3 is 2.89 bits per heavy atom. The topological polar surface area (TPSA) is 105 Å². The van der Waals surface area contributed by atoms with Gasteiger partial charge in [-0.25, -0.2) is 9.78 Å². The molecule has 1 aliphatic carbocycles. The SMILES string of the molecule is NC(CC(=O)NCc1nc(C(=O)O)cs1)C1CC1. The van der Waals surface area contributed by atoms with E-state index in [-0.39, 0.29) is 24.2 Å². The zero-order valence-electron chi connectivity index (χ0n) is 9.76. The molecule has 1 aromatic rings. The van der Waals surface area contributed by atoms with Crippen molar-refractivity contribution >= 4 is 23.2 Å². The van der Waals surface area contributed by atoms with Crippen molar-refractivity contribution in [3.8, 4) is 0 Å². The van der Waals surface area contributed by atoms with E-state index in [0.717, 1.165) is 12.8 Å². The van der Waals surface area contributed by atoms with E-state index in [9.17, 15) is 9.59 Å². The van der Waals surface area contributed by atoms with Gasteiger partial charge < -0.3 is 16.2 Å². The molecule has 1 unspecified atom stereocenters. The fourth-order valence-corrected chi connectivity index (χ4v) is 2.35. The molecular weight excluding hydrogens is 254 g/mol. The van der Waals surface area contributed by atoms with Gasteiger partial charge in [-0.1, -0.05) is 0 Å². The molecule has 1 atom stereocenters. The number of carboxylic acid groups (broad SMARTS) is 1. The van der Waals surface area contributed by atoms with E-state index in [1.807, 2.05) is 0 Å². The van der Waals surface area contributed by atoms with Crippen molar-refractivity contribution in [1.29, 1.82) is 0 Å². The maximum Gasteiger partial charge on any atom is 0.355 e. The molecule has 0 aliphatic heterocycles. The van der Waals surface area contributed by atoms with Crippen molar-refractivity contribution < 1.29 is 14.7 Å². The van der Waals surface area contributed by atoms with Gasteiger partial charge in [-0.2, -0.15) is 0 Å². The first-order valence-corrected chi connectivity index (χ1v) is 6.64. The normalized spacial score (nSPS) is 16.3. The summed E-state index contributed by atoms with van der Waals surface area (Å²) in [4.78, 5) is 26.1. The van der Waals surface area contributed by atoms with Gasteiger partial charge in [-0.3, -0.25) is 4.79 Å². The smallest absolute Gasteiger partial charge is 0.355 e. The standard InChI is InChI=1S/C11H15N3O3S/c12-7(6-1-2-6)3-9(15)13-4-10-14-8(5-18-10)11(16)17/h5-7H,1-4,12H2,(H,13,15)(H,16,17). The number of hydrogen-bond donors (Lipinski definition) is 3. The minimum Gasteiger partial charge on any atom is -0.476 e. The minimum atomic E-state index is -1.06. The molecule has 1 saturated carbocycles. The Kier molecular flexibility index (Phi) is 3.93. The Labute approximate surface area is 108 Å². The third kappa shape index (κ3) is 3.51.